The number of aromatic nitrogens is 2. The monoisotopic (exact) mass is 260 g/mol. The van der Waals surface area contributed by atoms with E-state index in [1.165, 1.54) is 16.7 Å². The maximum absolute atomic E-state index is 4.75. The largest absolute Gasteiger partial charge is 0.255 e. The van der Waals surface area contributed by atoms with Crippen LogP contribution in [0.2, 0.25) is 0 Å². The summed E-state index contributed by atoms with van der Waals surface area (Å²) in [4.78, 5) is 9.11. The van der Waals surface area contributed by atoms with Gasteiger partial charge in [0, 0.05) is 11.8 Å². The topological polar surface area (TPSA) is 25.8 Å². The molecule has 2 heteroatoms. The fraction of sp³-hybridized carbons (Fsp3) is 0.111. The van der Waals surface area contributed by atoms with Gasteiger partial charge < -0.3 is 0 Å². The molecule has 2 heterocycles. The van der Waals surface area contributed by atoms with Crippen molar-refractivity contribution in [3.8, 4) is 22.6 Å². The Morgan fingerprint density at radius 2 is 1.55 bits per heavy atom. The first-order valence-corrected chi connectivity index (χ1v) is 6.70. The lowest BCUT2D eigenvalue weighted by molar-refractivity contribution is 1.24. The van der Waals surface area contributed by atoms with E-state index >= 15 is 0 Å². The molecule has 0 fully saturated rings. The van der Waals surface area contributed by atoms with Crippen molar-refractivity contribution in [2.24, 2.45) is 0 Å². The van der Waals surface area contributed by atoms with Crippen LogP contribution >= 0.6 is 0 Å². The first kappa shape index (κ1) is 12.5. The summed E-state index contributed by atoms with van der Waals surface area (Å²) < 4.78 is 0. The molecule has 0 radical (unpaired) electrons. The highest BCUT2D eigenvalue weighted by atomic mass is 14.8. The number of nitrogens with zero attached hydrogens (tertiary/aromatic N) is 2. The van der Waals surface area contributed by atoms with Gasteiger partial charge in [-0.15, -0.1) is 0 Å². The lowest BCUT2D eigenvalue weighted by Gasteiger charge is -2.08. The molecule has 0 aliphatic heterocycles. The number of benzene rings is 1. The lowest BCUT2D eigenvalue weighted by atomic mass is 10.0. The molecule has 0 bridgehead atoms. The minimum atomic E-state index is 0.902. The summed E-state index contributed by atoms with van der Waals surface area (Å²) in [5.74, 6) is 0. The standard InChI is InChI=1S/C18H16N2/c1-13-9-10-14(2)15(12-13)16-7-5-8-18(20-16)17-6-3-4-11-19-17/h3-12H,1-2H3. The second-order valence-electron chi connectivity index (χ2n) is 4.94. The fourth-order valence-corrected chi connectivity index (χ4v) is 2.25. The predicted molar refractivity (Wildman–Crippen MR) is 82.4 cm³/mol. The molecule has 20 heavy (non-hydrogen) atoms. The van der Waals surface area contributed by atoms with Gasteiger partial charge in [-0.2, -0.15) is 0 Å². The predicted octanol–water partition coefficient (Wildman–Crippen LogP) is 4.43. The molecular formula is C18H16N2. The van der Waals surface area contributed by atoms with Gasteiger partial charge in [0.1, 0.15) is 0 Å². The third-order valence-corrected chi connectivity index (χ3v) is 3.35. The Morgan fingerprint density at radius 3 is 2.35 bits per heavy atom. The average Bonchev–Trinajstić information content (AvgIpc) is 2.51. The van der Waals surface area contributed by atoms with Crippen LogP contribution in [0.5, 0.6) is 0 Å². The lowest BCUT2D eigenvalue weighted by Crippen LogP contribution is -1.92. The Bertz CT molecular complexity index is 733. The maximum Gasteiger partial charge on any atom is 0.0893 e. The van der Waals surface area contributed by atoms with Crippen LogP contribution in [-0.4, -0.2) is 9.97 Å². The molecule has 2 nitrogen and oxygen atoms in total. The number of hydrogen-bond acceptors (Lipinski definition) is 2. The number of rotatable bonds is 2. The second-order valence-corrected chi connectivity index (χ2v) is 4.94. The minimum absolute atomic E-state index is 0.902. The highest BCUT2D eigenvalue weighted by Crippen LogP contribution is 2.25. The molecule has 0 unspecified atom stereocenters. The molecule has 98 valence electrons. The molecule has 0 aliphatic carbocycles. The van der Waals surface area contributed by atoms with Gasteiger partial charge in [-0.1, -0.05) is 29.8 Å². The number of pyridine rings is 2. The van der Waals surface area contributed by atoms with E-state index in [1.807, 2.05) is 36.4 Å². The van der Waals surface area contributed by atoms with Gasteiger partial charge in [0.25, 0.3) is 0 Å². The summed E-state index contributed by atoms with van der Waals surface area (Å²) >= 11 is 0. The number of aryl methyl sites for hydroxylation is 2. The zero-order valence-corrected chi connectivity index (χ0v) is 11.7. The molecule has 0 spiro atoms. The smallest absolute Gasteiger partial charge is 0.0893 e. The quantitative estimate of drug-likeness (QED) is 0.681. The summed E-state index contributed by atoms with van der Waals surface area (Å²) in [7, 11) is 0. The molecule has 0 saturated heterocycles. The van der Waals surface area contributed by atoms with Gasteiger partial charge >= 0.3 is 0 Å². The highest BCUT2D eigenvalue weighted by Gasteiger charge is 2.06. The Morgan fingerprint density at radius 1 is 0.750 bits per heavy atom. The van der Waals surface area contributed by atoms with Crippen molar-refractivity contribution in [1.82, 2.24) is 9.97 Å². The van der Waals surface area contributed by atoms with Crippen LogP contribution in [0, 0.1) is 13.8 Å². The van der Waals surface area contributed by atoms with Crippen LogP contribution in [0.15, 0.2) is 60.8 Å². The van der Waals surface area contributed by atoms with Gasteiger partial charge in [-0.05, 0) is 49.7 Å². The third-order valence-electron chi connectivity index (χ3n) is 3.35. The Hall–Kier alpha value is -2.48. The average molecular weight is 260 g/mol. The van der Waals surface area contributed by atoms with Crippen molar-refractivity contribution >= 4 is 0 Å². The minimum Gasteiger partial charge on any atom is -0.255 e. The third kappa shape index (κ3) is 2.45. The molecule has 0 amide bonds. The van der Waals surface area contributed by atoms with E-state index in [0.29, 0.717) is 0 Å². The summed E-state index contributed by atoms with van der Waals surface area (Å²) in [5.41, 5.74) is 6.47. The Balaban J connectivity index is 2.10. The van der Waals surface area contributed by atoms with Crippen molar-refractivity contribution in [2.45, 2.75) is 13.8 Å². The first-order valence-electron chi connectivity index (χ1n) is 6.70. The zero-order valence-electron chi connectivity index (χ0n) is 11.7. The summed E-state index contributed by atoms with van der Waals surface area (Å²) in [5, 5.41) is 0. The Kier molecular flexibility index (Phi) is 3.30. The highest BCUT2D eigenvalue weighted by molar-refractivity contribution is 5.67. The van der Waals surface area contributed by atoms with Crippen LogP contribution in [-0.2, 0) is 0 Å². The molecule has 0 N–H and O–H groups in total. The van der Waals surface area contributed by atoms with Crippen molar-refractivity contribution in [1.29, 1.82) is 0 Å². The zero-order chi connectivity index (χ0) is 13.9. The van der Waals surface area contributed by atoms with E-state index in [1.54, 1.807) is 6.20 Å². The fourth-order valence-electron chi connectivity index (χ4n) is 2.25. The summed E-state index contributed by atoms with van der Waals surface area (Å²) in [6.07, 6.45) is 1.79. The molecule has 1 aromatic carbocycles. The number of hydrogen-bond donors (Lipinski definition) is 0. The summed E-state index contributed by atoms with van der Waals surface area (Å²) in [6.45, 7) is 4.22. The van der Waals surface area contributed by atoms with Crippen molar-refractivity contribution < 1.29 is 0 Å². The van der Waals surface area contributed by atoms with E-state index in [2.05, 4.69) is 37.0 Å². The second kappa shape index (κ2) is 5.25. The molecular weight excluding hydrogens is 244 g/mol. The molecule has 0 atom stereocenters. The van der Waals surface area contributed by atoms with Crippen molar-refractivity contribution in [3.05, 3.63) is 71.9 Å². The van der Waals surface area contributed by atoms with Crippen LogP contribution < -0.4 is 0 Å². The van der Waals surface area contributed by atoms with Crippen LogP contribution in [0.25, 0.3) is 22.6 Å². The van der Waals surface area contributed by atoms with E-state index < -0.39 is 0 Å². The van der Waals surface area contributed by atoms with Crippen LogP contribution in [0.3, 0.4) is 0 Å². The normalized spacial score (nSPS) is 10.5. The maximum atomic E-state index is 4.75. The first-order chi connectivity index (χ1) is 9.74. The molecule has 0 saturated carbocycles. The molecule has 3 aromatic rings. The SMILES string of the molecule is Cc1ccc(C)c(-c2cccc(-c3ccccn3)n2)c1. The molecule has 0 aliphatic rings. The summed E-state index contributed by atoms with van der Waals surface area (Å²) in [6, 6.07) is 18.4. The van der Waals surface area contributed by atoms with Gasteiger partial charge in [-0.25, -0.2) is 4.98 Å². The van der Waals surface area contributed by atoms with Crippen LogP contribution in [0.1, 0.15) is 11.1 Å². The molecule has 2 aromatic heterocycles. The van der Waals surface area contributed by atoms with Gasteiger partial charge in [0.15, 0.2) is 0 Å². The van der Waals surface area contributed by atoms with E-state index in [-0.39, 0.29) is 0 Å². The van der Waals surface area contributed by atoms with Gasteiger partial charge in [0.2, 0.25) is 0 Å². The van der Waals surface area contributed by atoms with E-state index in [4.69, 9.17) is 4.98 Å². The van der Waals surface area contributed by atoms with E-state index in [9.17, 15) is 0 Å². The molecule has 3 rings (SSSR count). The van der Waals surface area contributed by atoms with Crippen molar-refractivity contribution in [3.63, 3.8) is 0 Å². The van der Waals surface area contributed by atoms with E-state index in [0.717, 1.165) is 17.1 Å². The Labute approximate surface area is 119 Å². The van der Waals surface area contributed by atoms with Gasteiger partial charge in [0.05, 0.1) is 17.1 Å². The van der Waals surface area contributed by atoms with Gasteiger partial charge in [-0.3, -0.25) is 4.98 Å². The van der Waals surface area contributed by atoms with Crippen molar-refractivity contribution in [2.75, 3.05) is 0 Å². The van der Waals surface area contributed by atoms with Crippen LogP contribution in [0.4, 0.5) is 0 Å².